The highest BCUT2D eigenvalue weighted by Gasteiger charge is 2.67. The Hall–Kier alpha value is -1.55. The predicted molar refractivity (Wildman–Crippen MR) is 87.5 cm³/mol. The summed E-state index contributed by atoms with van der Waals surface area (Å²) in [6, 6.07) is 4.41. The summed E-state index contributed by atoms with van der Waals surface area (Å²) in [5.74, 6) is -2.09. The second-order valence-electron chi connectivity index (χ2n) is 5.94. The van der Waals surface area contributed by atoms with E-state index in [1.54, 1.807) is 12.1 Å². The van der Waals surface area contributed by atoms with Crippen molar-refractivity contribution in [2.24, 2.45) is 5.92 Å². The molecule has 2 saturated heterocycles. The molecule has 2 aliphatic heterocycles. The van der Waals surface area contributed by atoms with Crippen molar-refractivity contribution in [3.05, 3.63) is 34.1 Å². The number of methoxy groups -OCH3 is 1. The number of benzene rings is 1. The minimum absolute atomic E-state index is 0.0947. The molecule has 2 aliphatic rings. The van der Waals surface area contributed by atoms with Crippen molar-refractivity contribution in [3.8, 4) is 0 Å². The number of hydrogen-bond acceptors (Lipinski definition) is 5. The molecular weight excluding hydrogens is 399 g/mol. The first-order valence-electron chi connectivity index (χ1n) is 7.66. The Morgan fingerprint density at radius 2 is 2.20 bits per heavy atom. The topological polar surface area (TPSA) is 77.1 Å². The predicted octanol–water partition coefficient (Wildman–Crippen LogP) is 1.31. The van der Waals surface area contributed by atoms with Crippen molar-refractivity contribution in [1.82, 2.24) is 10.4 Å². The third kappa shape index (κ3) is 2.66. The largest absolute Gasteiger partial charge is 0.365 e. The number of halogens is 2. The molecule has 1 N–H and O–H groups in total. The van der Waals surface area contributed by atoms with Crippen molar-refractivity contribution >= 4 is 27.7 Å². The number of rotatable bonds is 3. The van der Waals surface area contributed by atoms with Gasteiger partial charge in [-0.25, -0.2) is 14.3 Å². The maximum atomic E-state index is 14.7. The second kappa shape index (κ2) is 6.64. The molecule has 25 heavy (non-hydrogen) atoms. The Kier molecular flexibility index (Phi) is 4.84. The number of hydrogen-bond donors (Lipinski definition) is 1. The first-order chi connectivity index (χ1) is 11.9. The number of amides is 2. The van der Waals surface area contributed by atoms with Crippen LogP contribution in [-0.2, 0) is 29.4 Å². The lowest BCUT2D eigenvalue weighted by molar-refractivity contribution is -0.250. The van der Waals surface area contributed by atoms with Gasteiger partial charge in [-0.05, 0) is 18.2 Å². The average molecular weight is 417 g/mol. The maximum Gasteiger partial charge on any atom is 0.249 e. The van der Waals surface area contributed by atoms with Gasteiger partial charge in [-0.15, -0.1) is 0 Å². The number of carbonyl (C=O) groups excluding carboxylic acids is 2. The molecule has 2 heterocycles. The van der Waals surface area contributed by atoms with Gasteiger partial charge >= 0.3 is 0 Å². The van der Waals surface area contributed by atoms with Crippen molar-refractivity contribution in [1.29, 1.82) is 0 Å². The molecule has 2 amide bonds. The number of hydroxylamine groups is 2. The van der Waals surface area contributed by atoms with Crippen LogP contribution in [0.1, 0.15) is 12.5 Å². The van der Waals surface area contributed by atoms with E-state index in [1.807, 2.05) is 0 Å². The molecule has 0 spiro atoms. The van der Waals surface area contributed by atoms with Crippen LogP contribution in [-0.4, -0.2) is 50.0 Å². The first-order valence-corrected chi connectivity index (χ1v) is 8.45. The van der Waals surface area contributed by atoms with E-state index >= 15 is 0 Å². The van der Waals surface area contributed by atoms with Crippen LogP contribution in [0, 0.1) is 11.7 Å². The van der Waals surface area contributed by atoms with E-state index in [-0.39, 0.29) is 12.2 Å². The molecule has 3 rings (SSSR count). The molecule has 9 heteroatoms. The quantitative estimate of drug-likeness (QED) is 0.803. The highest BCUT2D eigenvalue weighted by atomic mass is 79.9. The monoisotopic (exact) mass is 416 g/mol. The second-order valence-corrected chi connectivity index (χ2v) is 6.86. The van der Waals surface area contributed by atoms with Crippen LogP contribution < -0.4 is 5.32 Å². The molecule has 1 aromatic carbocycles. The maximum absolute atomic E-state index is 14.7. The molecule has 1 aromatic rings. The molecule has 0 radical (unpaired) electrons. The lowest BCUT2D eigenvalue weighted by atomic mass is 9.77. The summed E-state index contributed by atoms with van der Waals surface area (Å²) in [6.45, 7) is 1.21. The van der Waals surface area contributed by atoms with Crippen LogP contribution in [0.5, 0.6) is 0 Å². The number of nitrogens with one attached hydrogen (secondary N) is 1. The van der Waals surface area contributed by atoms with Crippen molar-refractivity contribution in [3.63, 3.8) is 0 Å². The van der Waals surface area contributed by atoms with E-state index < -0.39 is 41.5 Å². The summed E-state index contributed by atoms with van der Waals surface area (Å²) in [5, 5.41) is 3.59. The fourth-order valence-corrected chi connectivity index (χ4v) is 3.98. The van der Waals surface area contributed by atoms with Gasteiger partial charge in [-0.1, -0.05) is 15.9 Å². The zero-order chi connectivity index (χ0) is 18.4. The lowest BCUT2D eigenvalue weighted by Crippen LogP contribution is -2.50. The molecule has 0 aliphatic carbocycles. The Balaban J connectivity index is 2.21. The van der Waals surface area contributed by atoms with Gasteiger partial charge in [0.1, 0.15) is 17.5 Å². The molecule has 0 bridgehead atoms. The summed E-state index contributed by atoms with van der Waals surface area (Å²) >= 11 is 3.32. The van der Waals surface area contributed by atoms with Crippen LogP contribution in [0.15, 0.2) is 22.7 Å². The molecule has 7 nitrogen and oxygen atoms in total. The van der Waals surface area contributed by atoms with Gasteiger partial charge in [0.15, 0.2) is 6.29 Å². The number of nitrogens with zero attached hydrogens (tertiary/aromatic N) is 1. The molecule has 2 fully saturated rings. The molecule has 0 aromatic heterocycles. The van der Waals surface area contributed by atoms with E-state index in [1.165, 1.54) is 27.1 Å². The minimum Gasteiger partial charge on any atom is -0.365 e. The fourth-order valence-electron chi connectivity index (χ4n) is 3.61. The Bertz CT molecular complexity index is 718. The van der Waals surface area contributed by atoms with E-state index in [4.69, 9.17) is 14.3 Å². The van der Waals surface area contributed by atoms with Crippen LogP contribution in [0.25, 0.3) is 0 Å². The highest BCUT2D eigenvalue weighted by molar-refractivity contribution is 9.10. The van der Waals surface area contributed by atoms with Gasteiger partial charge in [-0.2, -0.15) is 0 Å². The summed E-state index contributed by atoms with van der Waals surface area (Å²) in [4.78, 5) is 30.1. The van der Waals surface area contributed by atoms with Gasteiger partial charge in [0.25, 0.3) is 0 Å². The van der Waals surface area contributed by atoms with E-state index in [9.17, 15) is 14.0 Å². The normalized spacial score (nSPS) is 31.1. The number of fused-ring (bicyclic) bond motifs is 1. The molecule has 1 unspecified atom stereocenters. The number of likely N-dealkylation sites (N-methyl/N-ethyl adjacent to an activating group) is 1. The zero-order valence-electron chi connectivity index (χ0n) is 13.9. The van der Waals surface area contributed by atoms with Crippen LogP contribution in [0.3, 0.4) is 0 Å². The van der Waals surface area contributed by atoms with Crippen LogP contribution in [0.4, 0.5) is 4.39 Å². The van der Waals surface area contributed by atoms with Crippen molar-refractivity contribution < 1.29 is 28.3 Å². The van der Waals surface area contributed by atoms with Crippen molar-refractivity contribution in [2.75, 3.05) is 20.8 Å². The third-order valence-corrected chi connectivity index (χ3v) is 5.14. The van der Waals surface area contributed by atoms with Gasteiger partial charge in [-0.3, -0.25) is 9.59 Å². The Morgan fingerprint density at radius 3 is 2.80 bits per heavy atom. The Morgan fingerprint density at radius 1 is 1.48 bits per heavy atom. The highest BCUT2D eigenvalue weighted by Crippen LogP contribution is 2.53. The van der Waals surface area contributed by atoms with Crippen LogP contribution in [0.2, 0.25) is 0 Å². The van der Waals surface area contributed by atoms with Gasteiger partial charge in [0.2, 0.25) is 11.8 Å². The van der Waals surface area contributed by atoms with Gasteiger partial charge in [0, 0.05) is 31.1 Å². The molecule has 136 valence electrons. The molecular formula is C16H18BrFN2O5. The smallest absolute Gasteiger partial charge is 0.249 e. The first kappa shape index (κ1) is 18.2. The summed E-state index contributed by atoms with van der Waals surface area (Å²) in [6.07, 6.45) is -1.88. The summed E-state index contributed by atoms with van der Waals surface area (Å²) in [5.41, 5.74) is -1.11. The minimum atomic E-state index is -1.31. The van der Waals surface area contributed by atoms with Gasteiger partial charge in [0.05, 0.1) is 12.5 Å². The summed E-state index contributed by atoms with van der Waals surface area (Å²) < 4.78 is 26.4. The molecule has 0 saturated carbocycles. The molecule has 4 atom stereocenters. The Labute approximate surface area is 152 Å². The standard InChI is InChI=1S/C16H18BrFN2O5/c1-8(21)20-16(10-6-9(17)4-5-11(10)18)7-24-13(14(22)19-2)12(16)15(23-3)25-20/h4-6,12-13,15H,7H2,1-3H3,(H,19,22)/t12-,13+,15?,16-/m1/s1. The third-order valence-electron chi connectivity index (χ3n) is 4.64. The van der Waals surface area contributed by atoms with E-state index in [2.05, 4.69) is 21.2 Å². The van der Waals surface area contributed by atoms with E-state index in [0.29, 0.717) is 4.47 Å². The van der Waals surface area contributed by atoms with Gasteiger partial charge < -0.3 is 14.8 Å². The van der Waals surface area contributed by atoms with E-state index in [0.717, 1.165) is 5.06 Å². The lowest BCUT2D eigenvalue weighted by Gasteiger charge is -2.34. The van der Waals surface area contributed by atoms with Crippen LogP contribution >= 0.6 is 15.9 Å². The SMILES string of the molecule is CNC(=O)[C@H]1OC[C@@]2(c3cc(Br)ccc3F)[C@H]1C(OC)ON2C(C)=O. The average Bonchev–Trinajstić information content (AvgIpc) is 3.12. The zero-order valence-corrected chi connectivity index (χ0v) is 15.5. The number of ether oxygens (including phenoxy) is 2. The fraction of sp³-hybridized carbons (Fsp3) is 0.500. The summed E-state index contributed by atoms with van der Waals surface area (Å²) in [7, 11) is 2.88. The van der Waals surface area contributed by atoms with Crippen molar-refractivity contribution in [2.45, 2.75) is 24.9 Å². The number of carbonyl (C=O) groups is 2.